The van der Waals surface area contributed by atoms with Crippen LogP contribution in [0.3, 0.4) is 0 Å². The van der Waals surface area contributed by atoms with E-state index in [-0.39, 0.29) is 29.2 Å². The normalized spacial score (nSPS) is 16.1. The maximum atomic E-state index is 14.0. The van der Waals surface area contributed by atoms with Crippen LogP contribution in [0, 0.1) is 15.5 Å². The Bertz CT molecular complexity index is 2930. The number of ether oxygens (including phenoxy) is 3. The number of aromatic amines is 1. The maximum absolute atomic E-state index is 14.0. The first-order valence-corrected chi connectivity index (χ1v) is 23.4. The van der Waals surface area contributed by atoms with Gasteiger partial charge in [-0.25, -0.2) is 13.1 Å². The zero-order valence-corrected chi connectivity index (χ0v) is 37.6. The van der Waals surface area contributed by atoms with Crippen LogP contribution in [-0.2, 0) is 16.4 Å². The van der Waals surface area contributed by atoms with Crippen molar-refractivity contribution in [2.75, 3.05) is 56.3 Å². The molecule has 0 spiro atoms. The van der Waals surface area contributed by atoms with Gasteiger partial charge in [0.2, 0.25) is 6.79 Å². The molecule has 65 heavy (non-hydrogen) atoms. The summed E-state index contributed by atoms with van der Waals surface area (Å²) in [7, 11) is -4.58. The van der Waals surface area contributed by atoms with E-state index < -0.39 is 31.4 Å². The zero-order chi connectivity index (χ0) is 45.3. The lowest BCUT2D eigenvalue weighted by Gasteiger charge is -2.39. The largest absolute Gasteiger partial charge is 0.456 e. The molecule has 2 aliphatic heterocycles. The van der Waals surface area contributed by atoms with Crippen molar-refractivity contribution in [3.05, 3.63) is 147 Å². The number of sulfonamides is 1. The predicted octanol–water partition coefficient (Wildman–Crippen LogP) is 9.81. The summed E-state index contributed by atoms with van der Waals surface area (Å²) in [4.78, 5) is 32.9. The summed E-state index contributed by atoms with van der Waals surface area (Å²) in [5, 5.41) is 16.8. The number of hydrogen-bond acceptors (Lipinski definition) is 11. The van der Waals surface area contributed by atoms with Crippen LogP contribution in [-0.4, -0.2) is 75.2 Å². The lowest BCUT2D eigenvalue weighted by molar-refractivity contribution is -0.384. The molecule has 3 aliphatic rings. The topological polar surface area (TPSA) is 168 Å². The van der Waals surface area contributed by atoms with Crippen molar-refractivity contribution in [1.82, 2.24) is 14.6 Å². The average Bonchev–Trinajstić information content (AvgIpc) is 3.97. The van der Waals surface area contributed by atoms with E-state index >= 15 is 0 Å². The van der Waals surface area contributed by atoms with Crippen LogP contribution in [0.15, 0.2) is 120 Å². The second-order valence-corrected chi connectivity index (χ2v) is 19.6. The molecule has 5 aromatic carbocycles. The number of rotatable bonds is 14. The number of nitrogens with zero attached hydrogens (tertiary/aromatic N) is 3. The number of nitro groups is 1. The molecule has 0 saturated carbocycles. The number of amides is 1. The van der Waals surface area contributed by atoms with Crippen LogP contribution in [0.4, 0.5) is 17.1 Å². The molecule has 1 saturated heterocycles. The van der Waals surface area contributed by atoms with E-state index in [0.717, 1.165) is 85.2 Å². The van der Waals surface area contributed by atoms with Crippen molar-refractivity contribution < 1.29 is 32.3 Å². The lowest BCUT2D eigenvalue weighted by Crippen LogP contribution is -2.47. The van der Waals surface area contributed by atoms with Gasteiger partial charge in [-0.05, 0) is 121 Å². The van der Waals surface area contributed by atoms with Gasteiger partial charge >= 0.3 is 0 Å². The fourth-order valence-electron chi connectivity index (χ4n) is 8.75. The van der Waals surface area contributed by atoms with Crippen LogP contribution in [0.1, 0.15) is 54.6 Å². The molecule has 3 N–H and O–H groups in total. The van der Waals surface area contributed by atoms with Gasteiger partial charge in [0.1, 0.15) is 17.2 Å². The number of piperazine rings is 1. The number of allylic oxidation sites excluding steroid dienone is 1. The van der Waals surface area contributed by atoms with Gasteiger partial charge in [0.05, 0.1) is 15.4 Å². The van der Waals surface area contributed by atoms with Crippen molar-refractivity contribution in [2.45, 2.75) is 44.4 Å². The second kappa shape index (κ2) is 18.1. The third-order valence-electron chi connectivity index (χ3n) is 12.4. The fraction of sp³-hybridized carbons (Fsp3) is 0.286. The van der Waals surface area contributed by atoms with Crippen LogP contribution < -0.4 is 29.1 Å². The predicted molar refractivity (Wildman–Crippen MR) is 252 cm³/mol. The minimum Gasteiger partial charge on any atom is -0.456 e. The summed E-state index contributed by atoms with van der Waals surface area (Å²) in [6.07, 6.45) is 5.51. The van der Waals surface area contributed by atoms with E-state index in [0.29, 0.717) is 30.2 Å². The molecule has 16 heteroatoms. The molecule has 1 fully saturated rings. The Morgan fingerprint density at radius 3 is 2.52 bits per heavy atom. The Morgan fingerprint density at radius 2 is 1.72 bits per heavy atom. The number of nitro benzene ring substituents is 1. The van der Waals surface area contributed by atoms with Gasteiger partial charge in [-0.1, -0.05) is 49.2 Å². The molecule has 1 aliphatic carbocycles. The molecule has 9 rings (SSSR count). The number of aromatic nitrogens is 1. The van der Waals surface area contributed by atoms with E-state index in [4.69, 9.17) is 25.8 Å². The Labute approximate surface area is 382 Å². The summed E-state index contributed by atoms with van der Waals surface area (Å²) in [6, 6.07) is 29.7. The zero-order valence-electron chi connectivity index (χ0n) is 36.1. The number of H-pyrrole nitrogens is 1. The molecular formula is C49H49ClN6O8S. The third-order valence-corrected chi connectivity index (χ3v) is 13.9. The highest BCUT2D eigenvalue weighted by Gasteiger charge is 2.30. The van der Waals surface area contributed by atoms with Crippen LogP contribution in [0.25, 0.3) is 16.5 Å². The van der Waals surface area contributed by atoms with Crippen molar-refractivity contribution in [3.63, 3.8) is 0 Å². The Morgan fingerprint density at radius 1 is 0.923 bits per heavy atom. The van der Waals surface area contributed by atoms with Crippen LogP contribution >= 0.6 is 11.6 Å². The molecule has 6 aromatic rings. The average molecular weight is 917 g/mol. The fourth-order valence-corrected chi connectivity index (χ4v) is 9.86. The lowest BCUT2D eigenvalue weighted by atomic mass is 9.72. The highest BCUT2D eigenvalue weighted by molar-refractivity contribution is 7.90. The number of carbonyl (C=O) groups excluding carboxylic acids is 1. The van der Waals surface area contributed by atoms with Gasteiger partial charge < -0.3 is 29.4 Å². The van der Waals surface area contributed by atoms with Gasteiger partial charge in [0.15, 0.2) is 11.5 Å². The number of benzene rings is 5. The highest BCUT2D eigenvalue weighted by Crippen LogP contribution is 2.44. The number of fused-ring (bicyclic) bond motifs is 2. The van der Waals surface area contributed by atoms with Gasteiger partial charge in [-0.2, -0.15) is 0 Å². The van der Waals surface area contributed by atoms with E-state index in [1.54, 1.807) is 30.3 Å². The number of halogens is 1. The molecular weight excluding hydrogens is 868 g/mol. The smallest absolute Gasteiger partial charge is 0.293 e. The molecule has 3 heterocycles. The van der Waals surface area contributed by atoms with Gasteiger partial charge in [-0.3, -0.25) is 19.8 Å². The summed E-state index contributed by atoms with van der Waals surface area (Å²) in [6.45, 7) is 9.12. The summed E-state index contributed by atoms with van der Waals surface area (Å²) >= 11 is 6.25. The van der Waals surface area contributed by atoms with Crippen molar-refractivity contribution in [1.29, 1.82) is 0 Å². The second-order valence-electron chi connectivity index (χ2n) is 17.4. The van der Waals surface area contributed by atoms with Crippen LogP contribution in [0.5, 0.6) is 23.0 Å². The SMILES string of the molecule is CC1(C)CCC(CN2CCN(c3ccc(C(=O)NS(=O)(=O)c4ccc(NCCc5ccc6c(c5)OCO6)c([N+](=O)[O-])c4)c(Oc4ccc5[nH]ccc5c4)c3)CC2)=C(c2ccc(Cl)cc2)C1. The van der Waals surface area contributed by atoms with E-state index in [1.165, 1.54) is 28.8 Å². The first-order chi connectivity index (χ1) is 31.3. The molecule has 336 valence electrons. The number of hydrogen-bond donors (Lipinski definition) is 3. The maximum Gasteiger partial charge on any atom is 0.293 e. The Balaban J connectivity index is 0.912. The molecule has 1 amide bonds. The first kappa shape index (κ1) is 43.7. The monoisotopic (exact) mass is 916 g/mol. The molecule has 0 unspecified atom stereocenters. The van der Waals surface area contributed by atoms with Crippen molar-refractivity contribution in [2.24, 2.45) is 5.41 Å². The van der Waals surface area contributed by atoms with Crippen molar-refractivity contribution >= 4 is 61.1 Å². The molecule has 0 bridgehead atoms. The number of nitrogens with one attached hydrogen (secondary N) is 3. The van der Waals surface area contributed by atoms with E-state index in [1.807, 2.05) is 48.7 Å². The third kappa shape index (κ3) is 9.92. The first-order valence-electron chi connectivity index (χ1n) is 21.6. The van der Waals surface area contributed by atoms with Crippen LogP contribution in [0.2, 0.25) is 5.02 Å². The molecule has 14 nitrogen and oxygen atoms in total. The minimum atomic E-state index is -4.58. The number of anilines is 2. The summed E-state index contributed by atoms with van der Waals surface area (Å²) in [5.41, 5.74) is 6.62. The van der Waals surface area contributed by atoms with Gasteiger partial charge in [-0.15, -0.1) is 0 Å². The Kier molecular flexibility index (Phi) is 12.2. The highest BCUT2D eigenvalue weighted by atomic mass is 35.5. The quantitative estimate of drug-likeness (QED) is 0.0703. The number of carbonyl (C=O) groups is 1. The Hall–Kier alpha value is -6.55. The molecule has 1 aromatic heterocycles. The van der Waals surface area contributed by atoms with E-state index in [9.17, 15) is 23.3 Å². The van der Waals surface area contributed by atoms with E-state index in [2.05, 4.69) is 50.8 Å². The summed E-state index contributed by atoms with van der Waals surface area (Å²) in [5.74, 6) is 0.938. The van der Waals surface area contributed by atoms with Crippen molar-refractivity contribution in [3.8, 4) is 23.0 Å². The standard InChI is InChI=1S/C49H49ClN6O8S/c1-49(2)18-15-35(41(29-49)33-4-6-36(50)7-5-33)30-54-21-23-55(24-22-54)37-8-11-40(46(27-37)64-38-9-12-42-34(26-38)17-20-51-42)48(57)53-65(60,61)39-10-13-43(44(28-39)56(58)59)52-19-16-32-3-14-45-47(25-32)63-31-62-45/h3-14,17,20,25-28,51-52H,15-16,18-19,21-24,29-31H2,1-2H3,(H,53,57). The summed E-state index contributed by atoms with van der Waals surface area (Å²) < 4.78 is 46.8. The van der Waals surface area contributed by atoms with Gasteiger partial charge in [0, 0.05) is 79.2 Å². The van der Waals surface area contributed by atoms with Gasteiger partial charge in [0.25, 0.3) is 21.6 Å². The molecule has 0 atom stereocenters. The minimum absolute atomic E-state index is 0.0247. The molecule has 0 radical (unpaired) electrons.